The molecule has 5 nitrogen and oxygen atoms in total. The van der Waals surface area contributed by atoms with E-state index in [2.05, 4.69) is 157 Å². The number of aromatic nitrogens is 2. The maximum atomic E-state index is 6.69. The number of hydrogen-bond acceptors (Lipinski definition) is 5. The average molecular weight is 732 g/mol. The van der Waals surface area contributed by atoms with Crippen molar-refractivity contribution >= 4 is 61.1 Å². The van der Waals surface area contributed by atoms with Crippen LogP contribution in [-0.2, 0) is 0 Å². The highest BCUT2D eigenvalue weighted by atomic mass is 16.3. The van der Waals surface area contributed by atoms with Crippen molar-refractivity contribution in [1.82, 2.24) is 9.97 Å². The second-order valence-corrected chi connectivity index (χ2v) is 14.2. The summed E-state index contributed by atoms with van der Waals surface area (Å²) < 4.78 is 13.2. The van der Waals surface area contributed by atoms with Crippen molar-refractivity contribution in [3.8, 4) is 44.9 Å². The Morgan fingerprint density at radius 2 is 0.965 bits per heavy atom. The molecule has 0 fully saturated rings. The normalized spacial score (nSPS) is 11.5. The summed E-state index contributed by atoms with van der Waals surface area (Å²) >= 11 is 0. The first-order valence-electron chi connectivity index (χ1n) is 19.1. The molecule has 0 radical (unpaired) electrons. The van der Waals surface area contributed by atoms with Gasteiger partial charge in [0.05, 0.1) is 0 Å². The summed E-state index contributed by atoms with van der Waals surface area (Å²) in [4.78, 5) is 12.8. The molecule has 8 aromatic carbocycles. The predicted molar refractivity (Wildman–Crippen MR) is 233 cm³/mol. The molecule has 0 spiro atoms. The van der Waals surface area contributed by atoms with E-state index in [4.69, 9.17) is 18.8 Å². The first-order chi connectivity index (χ1) is 28.2. The van der Waals surface area contributed by atoms with Crippen LogP contribution in [0.4, 0.5) is 17.1 Å². The third-order valence-corrected chi connectivity index (χ3v) is 10.7. The minimum Gasteiger partial charge on any atom is -0.456 e. The van der Waals surface area contributed by atoms with Crippen LogP contribution in [0.3, 0.4) is 0 Å². The maximum Gasteiger partial charge on any atom is 0.180 e. The fourth-order valence-electron chi connectivity index (χ4n) is 8.00. The number of nitrogens with zero attached hydrogens (tertiary/aromatic N) is 3. The second-order valence-electron chi connectivity index (χ2n) is 14.2. The lowest BCUT2D eigenvalue weighted by Gasteiger charge is -2.26. The van der Waals surface area contributed by atoms with Crippen molar-refractivity contribution in [2.75, 3.05) is 4.90 Å². The number of hydrogen-bond donors (Lipinski definition) is 0. The van der Waals surface area contributed by atoms with Gasteiger partial charge < -0.3 is 13.7 Å². The largest absolute Gasteiger partial charge is 0.456 e. The molecule has 0 bridgehead atoms. The molecule has 0 saturated heterocycles. The predicted octanol–water partition coefficient (Wildman–Crippen LogP) is 14.4. The van der Waals surface area contributed by atoms with Gasteiger partial charge in [0.1, 0.15) is 28.0 Å². The summed E-state index contributed by atoms with van der Waals surface area (Å²) in [5.74, 6) is 0.607. The third-order valence-electron chi connectivity index (χ3n) is 10.7. The minimum absolute atomic E-state index is 0.607. The molecular weight excluding hydrogens is 699 g/mol. The topological polar surface area (TPSA) is 55.3 Å². The molecule has 0 aliphatic rings. The van der Waals surface area contributed by atoms with Gasteiger partial charge in [0.15, 0.2) is 11.4 Å². The molecule has 5 heteroatoms. The van der Waals surface area contributed by atoms with E-state index in [1.807, 2.05) is 48.5 Å². The van der Waals surface area contributed by atoms with Crippen LogP contribution in [0.5, 0.6) is 0 Å². The number of anilines is 3. The van der Waals surface area contributed by atoms with Gasteiger partial charge in [-0.2, -0.15) is 0 Å². The summed E-state index contributed by atoms with van der Waals surface area (Å²) in [6.07, 6.45) is 0. The zero-order valence-corrected chi connectivity index (χ0v) is 30.7. The molecule has 0 N–H and O–H groups in total. The first kappa shape index (κ1) is 32.7. The molecule has 57 heavy (non-hydrogen) atoms. The van der Waals surface area contributed by atoms with Crippen LogP contribution >= 0.6 is 0 Å². The van der Waals surface area contributed by atoms with E-state index in [1.54, 1.807) is 0 Å². The maximum absolute atomic E-state index is 6.69. The SMILES string of the molecule is c1ccc(-c2cccc(-c3nc(-c4cccc5oc6cc(N(c7ccccc7)c7cccc(-c8ccccc8)c7)ccc6c45)nc4c3oc3ccccc34)c2)cc1. The molecule has 268 valence electrons. The van der Waals surface area contributed by atoms with Crippen LogP contribution in [0, 0.1) is 0 Å². The first-order valence-corrected chi connectivity index (χ1v) is 19.1. The minimum atomic E-state index is 0.607. The average Bonchev–Trinajstić information content (AvgIpc) is 3.86. The van der Waals surface area contributed by atoms with E-state index in [-0.39, 0.29) is 0 Å². The molecular formula is C52H33N3O2. The summed E-state index contributed by atoms with van der Waals surface area (Å²) in [6, 6.07) is 69.1. The molecule has 3 heterocycles. The lowest BCUT2D eigenvalue weighted by atomic mass is 10.0. The van der Waals surface area contributed by atoms with Crippen LogP contribution in [0.25, 0.3) is 88.9 Å². The van der Waals surface area contributed by atoms with Crippen LogP contribution in [0.15, 0.2) is 209 Å². The standard InChI is InChI=1S/C52H33N3O2/c1-4-15-34(16-5-1)36-19-12-21-38(31-36)49-51-50(43-25-10-11-27-45(43)57-51)54-52(53-49)44-26-14-28-46-48(44)42-30-29-41(33-47(42)56-46)55(39-22-8-3-9-23-39)40-24-13-20-37(32-40)35-17-6-2-7-18-35/h1-33H. The van der Waals surface area contributed by atoms with E-state index in [0.29, 0.717) is 11.4 Å². The number of benzene rings is 8. The molecule has 0 amide bonds. The van der Waals surface area contributed by atoms with Crippen molar-refractivity contribution in [2.24, 2.45) is 0 Å². The van der Waals surface area contributed by atoms with E-state index in [9.17, 15) is 0 Å². The van der Waals surface area contributed by atoms with Crippen molar-refractivity contribution in [1.29, 1.82) is 0 Å². The number of rotatable bonds is 7. The van der Waals surface area contributed by atoms with E-state index >= 15 is 0 Å². The van der Waals surface area contributed by atoms with Crippen LogP contribution in [-0.4, -0.2) is 9.97 Å². The molecule has 11 aromatic rings. The van der Waals surface area contributed by atoms with Crippen LogP contribution < -0.4 is 4.90 Å². The highest BCUT2D eigenvalue weighted by Gasteiger charge is 2.22. The fraction of sp³-hybridized carbons (Fsp3) is 0. The zero-order chi connectivity index (χ0) is 37.7. The number of fused-ring (bicyclic) bond motifs is 6. The lowest BCUT2D eigenvalue weighted by Crippen LogP contribution is -2.09. The van der Waals surface area contributed by atoms with Gasteiger partial charge >= 0.3 is 0 Å². The van der Waals surface area contributed by atoms with Gasteiger partial charge in [-0.3, -0.25) is 0 Å². The van der Waals surface area contributed by atoms with Crippen molar-refractivity contribution in [3.63, 3.8) is 0 Å². The monoisotopic (exact) mass is 731 g/mol. The van der Waals surface area contributed by atoms with E-state index in [0.717, 1.165) is 89.0 Å². The third kappa shape index (κ3) is 5.72. The number of furan rings is 2. The smallest absolute Gasteiger partial charge is 0.180 e. The Kier molecular flexibility index (Phi) is 7.74. The van der Waals surface area contributed by atoms with Crippen molar-refractivity contribution in [3.05, 3.63) is 200 Å². The highest BCUT2D eigenvalue weighted by Crippen LogP contribution is 2.43. The van der Waals surface area contributed by atoms with Gasteiger partial charge in [-0.15, -0.1) is 0 Å². The van der Waals surface area contributed by atoms with Crippen LogP contribution in [0.1, 0.15) is 0 Å². The molecule has 0 saturated carbocycles. The van der Waals surface area contributed by atoms with Crippen molar-refractivity contribution in [2.45, 2.75) is 0 Å². The zero-order valence-electron chi connectivity index (χ0n) is 30.7. The van der Waals surface area contributed by atoms with Gasteiger partial charge in [-0.25, -0.2) is 9.97 Å². The van der Waals surface area contributed by atoms with Gasteiger partial charge in [-0.05, 0) is 82.9 Å². The summed E-state index contributed by atoms with van der Waals surface area (Å²) in [5.41, 5.74) is 14.0. The van der Waals surface area contributed by atoms with Crippen molar-refractivity contribution < 1.29 is 8.83 Å². The molecule has 0 atom stereocenters. The van der Waals surface area contributed by atoms with E-state index < -0.39 is 0 Å². The van der Waals surface area contributed by atoms with Crippen LogP contribution in [0.2, 0.25) is 0 Å². The highest BCUT2D eigenvalue weighted by molar-refractivity contribution is 6.14. The molecule has 3 aromatic heterocycles. The second kappa shape index (κ2) is 13.5. The molecule has 0 aliphatic carbocycles. The summed E-state index contributed by atoms with van der Waals surface area (Å²) in [7, 11) is 0. The summed E-state index contributed by atoms with van der Waals surface area (Å²) in [6.45, 7) is 0. The summed E-state index contributed by atoms with van der Waals surface area (Å²) in [5, 5.41) is 2.90. The van der Waals surface area contributed by atoms with Gasteiger partial charge in [0.25, 0.3) is 0 Å². The van der Waals surface area contributed by atoms with Gasteiger partial charge in [0.2, 0.25) is 0 Å². The Hall–Kier alpha value is -7.76. The molecule has 0 unspecified atom stereocenters. The Morgan fingerprint density at radius 1 is 0.368 bits per heavy atom. The Balaban J connectivity index is 1.08. The lowest BCUT2D eigenvalue weighted by molar-refractivity contribution is 0.667. The fourth-order valence-corrected chi connectivity index (χ4v) is 8.00. The Labute approximate surface area is 328 Å². The van der Waals surface area contributed by atoms with Gasteiger partial charge in [-0.1, -0.05) is 133 Å². The Morgan fingerprint density at radius 3 is 1.75 bits per heavy atom. The van der Waals surface area contributed by atoms with Gasteiger partial charge in [0, 0.05) is 50.4 Å². The van der Waals surface area contributed by atoms with E-state index in [1.165, 1.54) is 5.56 Å². The quantitative estimate of drug-likeness (QED) is 0.163. The molecule has 0 aliphatic heterocycles. The number of para-hydroxylation sites is 2. The molecule has 11 rings (SSSR count). The Bertz CT molecular complexity index is 3240.